The van der Waals surface area contributed by atoms with Crippen molar-refractivity contribution in [3.05, 3.63) is 52.6 Å². The Morgan fingerprint density at radius 3 is 2.63 bits per heavy atom. The van der Waals surface area contributed by atoms with Crippen molar-refractivity contribution in [3.8, 4) is 11.8 Å². The summed E-state index contributed by atoms with van der Waals surface area (Å²) in [4.78, 5) is 40.3. The van der Waals surface area contributed by atoms with E-state index in [9.17, 15) is 19.5 Å². The third-order valence-corrected chi connectivity index (χ3v) is 10.9. The minimum Gasteiger partial charge on any atom is -0.458 e. The van der Waals surface area contributed by atoms with Gasteiger partial charge in [0.25, 0.3) is 0 Å². The van der Waals surface area contributed by atoms with Gasteiger partial charge in [-0.15, -0.1) is 0 Å². The third kappa shape index (κ3) is 5.05. The summed E-state index contributed by atoms with van der Waals surface area (Å²) < 4.78 is 26.7. The van der Waals surface area contributed by atoms with E-state index in [1.165, 1.54) is 18.6 Å². The molecule has 1 N–H and O–H groups in total. The third-order valence-electron chi connectivity index (χ3n) is 10.9. The highest BCUT2D eigenvalue weighted by molar-refractivity contribution is 5.93. The molecule has 1 aromatic rings. The van der Waals surface area contributed by atoms with Gasteiger partial charge in [-0.3, -0.25) is 14.4 Å². The number of aliphatic hydroxyl groups excluding tert-OH is 1. The highest BCUT2D eigenvalue weighted by Gasteiger charge is 2.66. The first-order valence-corrected chi connectivity index (χ1v) is 15.5. The maximum atomic E-state index is 15.9. The number of Topliss-reactive ketones (excluding diaryl/α,β-unsaturated/α-hetero) is 1. The van der Waals surface area contributed by atoms with Crippen molar-refractivity contribution in [3.63, 3.8) is 0 Å². The van der Waals surface area contributed by atoms with Crippen LogP contribution in [0.15, 0.2) is 47.1 Å². The molecule has 0 amide bonds. The minimum absolute atomic E-state index is 0.0226. The number of allylic oxidation sites excluding steroid dienone is 4. The van der Waals surface area contributed by atoms with Gasteiger partial charge in [0.2, 0.25) is 0 Å². The minimum atomic E-state index is -1.24. The van der Waals surface area contributed by atoms with Gasteiger partial charge < -0.3 is 19.5 Å². The molecule has 1 aromatic carbocycles. The second-order valence-corrected chi connectivity index (χ2v) is 12.9. The fourth-order valence-corrected chi connectivity index (χ4v) is 8.91. The van der Waals surface area contributed by atoms with Gasteiger partial charge in [-0.05, 0) is 84.3 Å². The zero-order valence-electron chi connectivity index (χ0n) is 25.0. The van der Waals surface area contributed by atoms with Crippen molar-refractivity contribution >= 4 is 23.2 Å². The van der Waals surface area contributed by atoms with Gasteiger partial charge in [-0.2, -0.15) is 0 Å². The van der Waals surface area contributed by atoms with Crippen molar-refractivity contribution in [1.82, 2.24) is 0 Å². The number of carbonyl (C=O) groups is 3. The summed E-state index contributed by atoms with van der Waals surface area (Å²) in [7, 11) is 0. The molecule has 5 aliphatic rings. The first-order chi connectivity index (χ1) is 20.7. The molecular weight excluding hydrogens is 549 g/mol. The molecule has 2 unspecified atom stereocenters. The van der Waals surface area contributed by atoms with Crippen LogP contribution in [0.1, 0.15) is 63.9 Å². The first kappa shape index (κ1) is 29.8. The van der Waals surface area contributed by atoms with Crippen LogP contribution in [0.4, 0.5) is 10.1 Å². The quantitative estimate of drug-likeness (QED) is 0.400. The monoisotopic (exact) mass is 589 g/mol. The number of anilines is 1. The predicted octanol–water partition coefficient (Wildman–Crippen LogP) is 4.49. The van der Waals surface area contributed by atoms with E-state index in [0.29, 0.717) is 50.9 Å². The Labute approximate surface area is 252 Å². The number of hydrogen-bond acceptors (Lipinski definition) is 7. The number of alkyl halides is 1. The van der Waals surface area contributed by atoms with Crippen molar-refractivity contribution in [2.45, 2.75) is 64.5 Å². The van der Waals surface area contributed by atoms with Gasteiger partial charge in [-0.25, -0.2) is 4.39 Å². The number of nitrogens with zero attached hydrogens (tertiary/aromatic N) is 1. The largest absolute Gasteiger partial charge is 0.458 e. The average Bonchev–Trinajstić information content (AvgIpc) is 3.32. The second-order valence-electron chi connectivity index (χ2n) is 12.9. The lowest BCUT2D eigenvalue weighted by molar-refractivity contribution is -0.150. The van der Waals surface area contributed by atoms with Gasteiger partial charge in [0.05, 0.1) is 18.6 Å². The van der Waals surface area contributed by atoms with Gasteiger partial charge in [-0.1, -0.05) is 36.5 Å². The van der Waals surface area contributed by atoms with Crippen molar-refractivity contribution in [1.29, 1.82) is 0 Å². The smallest absolute Gasteiger partial charge is 0.303 e. The molecule has 4 aliphatic carbocycles. The Morgan fingerprint density at radius 1 is 1.19 bits per heavy atom. The zero-order chi connectivity index (χ0) is 30.4. The fourth-order valence-electron chi connectivity index (χ4n) is 8.91. The summed E-state index contributed by atoms with van der Waals surface area (Å²) in [5.74, 6) is 4.90. The molecule has 228 valence electrons. The van der Waals surface area contributed by atoms with E-state index in [1.807, 2.05) is 0 Å². The van der Waals surface area contributed by atoms with Crippen LogP contribution in [0.25, 0.3) is 0 Å². The van der Waals surface area contributed by atoms with E-state index in [2.05, 4.69) is 47.9 Å². The molecule has 2 saturated carbocycles. The van der Waals surface area contributed by atoms with Crippen LogP contribution < -0.4 is 4.90 Å². The number of aliphatic hydroxyl groups is 1. The Hall–Kier alpha value is -3.28. The standard InChI is InChI=1S/C35H40FNO6/c1-22(39)43-21-32(41)35(11-3-15-38)12-10-30-28-19-31(36)27-18-25(40)8-9-26(27)33(28)29(20-34(30,35)2)23-4-6-24(7-5-23)37-13-16-42-17-14-37/h4-7,18,28-31,38H,8-10,12-17,19-21H2,1-2H3/t28-,29?,30-,31?,34-,35+/m0/s1. The molecule has 1 saturated heterocycles. The number of hydrogen-bond donors (Lipinski definition) is 1. The SMILES string of the molecule is CC(=O)OCC(=O)[C@@]1(C#CCO)CC[C@H]2[C@@H]3CC(F)C4=CC(=O)CCC4=C3C(c3ccc(N4CCOCC4)cc3)C[C@@]21C. The number of fused-ring (bicyclic) bond motifs is 4. The molecule has 1 aliphatic heterocycles. The zero-order valence-corrected chi connectivity index (χ0v) is 25.0. The molecule has 0 spiro atoms. The van der Waals surface area contributed by atoms with Crippen LogP contribution in [0.2, 0.25) is 0 Å². The number of morpholine rings is 1. The summed E-state index contributed by atoms with van der Waals surface area (Å²) in [5.41, 5.74) is 3.17. The Balaban J connectivity index is 1.47. The topological polar surface area (TPSA) is 93.1 Å². The Morgan fingerprint density at radius 2 is 1.93 bits per heavy atom. The maximum absolute atomic E-state index is 15.9. The number of benzene rings is 1. The number of rotatable bonds is 5. The maximum Gasteiger partial charge on any atom is 0.303 e. The molecule has 6 rings (SSSR count). The lowest BCUT2D eigenvalue weighted by atomic mass is 9.48. The van der Waals surface area contributed by atoms with Crippen molar-refractivity contribution in [2.75, 3.05) is 44.4 Å². The number of ether oxygens (including phenoxy) is 2. The number of carbonyl (C=O) groups excluding carboxylic acids is 3. The highest BCUT2D eigenvalue weighted by atomic mass is 19.1. The average molecular weight is 590 g/mol. The molecule has 6 atom stereocenters. The molecule has 0 radical (unpaired) electrons. The Kier molecular flexibility index (Phi) is 8.08. The van der Waals surface area contributed by atoms with Crippen LogP contribution in [0.3, 0.4) is 0 Å². The number of ketones is 2. The molecule has 43 heavy (non-hydrogen) atoms. The van der Waals surface area contributed by atoms with Crippen LogP contribution in [0, 0.1) is 34.5 Å². The van der Waals surface area contributed by atoms with Crippen molar-refractivity contribution < 1.29 is 33.4 Å². The van der Waals surface area contributed by atoms with Gasteiger partial charge in [0, 0.05) is 38.0 Å². The van der Waals surface area contributed by atoms with E-state index in [4.69, 9.17) is 9.47 Å². The van der Waals surface area contributed by atoms with Crippen LogP contribution in [-0.4, -0.2) is 68.3 Å². The lowest BCUT2D eigenvalue weighted by Crippen LogP contribution is -2.52. The fraction of sp³-hybridized carbons (Fsp3) is 0.571. The first-order valence-electron chi connectivity index (χ1n) is 15.5. The molecule has 7 nitrogen and oxygen atoms in total. The molecule has 1 heterocycles. The molecule has 0 bridgehead atoms. The predicted molar refractivity (Wildman–Crippen MR) is 159 cm³/mol. The summed E-state index contributed by atoms with van der Waals surface area (Å²) in [6, 6.07) is 8.58. The summed E-state index contributed by atoms with van der Waals surface area (Å²) in [5, 5.41) is 9.68. The number of esters is 1. The van der Waals surface area contributed by atoms with E-state index >= 15 is 4.39 Å². The van der Waals surface area contributed by atoms with E-state index < -0.39 is 23.0 Å². The summed E-state index contributed by atoms with van der Waals surface area (Å²) >= 11 is 0. The van der Waals surface area contributed by atoms with Gasteiger partial charge in [0.15, 0.2) is 18.2 Å². The normalized spacial score (nSPS) is 33.4. The lowest BCUT2D eigenvalue weighted by Gasteiger charge is -2.55. The van der Waals surface area contributed by atoms with Gasteiger partial charge >= 0.3 is 5.97 Å². The Bertz CT molecular complexity index is 1430. The molecule has 3 fully saturated rings. The van der Waals surface area contributed by atoms with Crippen LogP contribution in [-0.2, 0) is 23.9 Å². The number of halogens is 1. The molecular formula is C35H40FNO6. The molecule has 0 aromatic heterocycles. The van der Waals surface area contributed by atoms with Crippen LogP contribution in [0.5, 0.6) is 0 Å². The van der Waals surface area contributed by atoms with Crippen molar-refractivity contribution in [2.24, 2.45) is 22.7 Å². The highest BCUT2D eigenvalue weighted by Crippen LogP contribution is 2.69. The van der Waals surface area contributed by atoms with E-state index in [1.54, 1.807) is 0 Å². The second kappa shape index (κ2) is 11.7. The summed E-state index contributed by atoms with van der Waals surface area (Å²) in [6.07, 6.45) is 3.19. The van der Waals surface area contributed by atoms with E-state index in [0.717, 1.165) is 29.9 Å². The van der Waals surface area contributed by atoms with Gasteiger partial charge in [0.1, 0.15) is 12.8 Å². The van der Waals surface area contributed by atoms with E-state index in [-0.39, 0.29) is 49.0 Å². The summed E-state index contributed by atoms with van der Waals surface area (Å²) in [6.45, 7) is 5.66. The van der Waals surface area contributed by atoms with Crippen LogP contribution >= 0.6 is 0 Å². The molecule has 8 heteroatoms.